The fourth-order valence-electron chi connectivity index (χ4n) is 3.08. The number of halogens is 1. The molecule has 144 valence electrons. The average Bonchev–Trinajstić information content (AvgIpc) is 3.19. The highest BCUT2D eigenvalue weighted by atomic mass is 19.1. The van der Waals surface area contributed by atoms with Gasteiger partial charge in [-0.25, -0.2) is 19.2 Å². The maximum absolute atomic E-state index is 14.2. The van der Waals surface area contributed by atoms with E-state index in [0.29, 0.717) is 17.3 Å². The minimum atomic E-state index is -1.04. The molecule has 28 heavy (non-hydrogen) atoms. The summed E-state index contributed by atoms with van der Waals surface area (Å²) in [5, 5.41) is 16.4. The zero-order valence-corrected chi connectivity index (χ0v) is 14.9. The third-order valence-corrected chi connectivity index (χ3v) is 4.57. The molecule has 3 heterocycles. The minimum absolute atomic E-state index is 0.0891. The highest BCUT2D eigenvalue weighted by Gasteiger charge is 2.17. The summed E-state index contributed by atoms with van der Waals surface area (Å²) in [5.41, 5.74) is 1.37. The van der Waals surface area contributed by atoms with Crippen LogP contribution in [0.2, 0.25) is 0 Å². The first-order chi connectivity index (χ1) is 13.6. The molecule has 0 bridgehead atoms. The summed E-state index contributed by atoms with van der Waals surface area (Å²) in [6.07, 6.45) is 6.43. The van der Waals surface area contributed by atoms with Crippen LogP contribution in [0.15, 0.2) is 42.9 Å². The van der Waals surface area contributed by atoms with Crippen LogP contribution in [-0.4, -0.2) is 44.0 Å². The molecule has 2 N–H and O–H groups in total. The number of ether oxygens (including phenoxy) is 1. The van der Waals surface area contributed by atoms with Gasteiger partial charge in [0.25, 0.3) is 0 Å². The van der Waals surface area contributed by atoms with Crippen LogP contribution in [0.4, 0.5) is 16.0 Å². The number of benzene rings is 1. The van der Waals surface area contributed by atoms with E-state index in [1.54, 1.807) is 6.20 Å². The van der Waals surface area contributed by atoms with Gasteiger partial charge in [-0.05, 0) is 25.0 Å². The Hall–Kier alpha value is -3.33. The Kier molecular flexibility index (Phi) is 4.98. The van der Waals surface area contributed by atoms with Gasteiger partial charge < -0.3 is 15.2 Å². The third-order valence-electron chi connectivity index (χ3n) is 4.57. The van der Waals surface area contributed by atoms with Gasteiger partial charge in [-0.2, -0.15) is 5.10 Å². The topological polar surface area (TPSA) is 102 Å². The molecule has 0 amide bonds. The summed E-state index contributed by atoms with van der Waals surface area (Å²) in [6.45, 7) is 1.44. The van der Waals surface area contributed by atoms with Crippen LogP contribution >= 0.6 is 0 Å². The standard InChI is InChI=1S/C19H18FN5O3/c20-16-10-21-19(24-17(16)12-1-3-13(4-2-12)18(26)27)23-14-9-22-25(11-14)15-5-7-28-8-6-15/h1-4,9-11,15H,5-8H2,(H,26,27)(H,21,23,24). The largest absolute Gasteiger partial charge is 0.478 e. The Morgan fingerprint density at radius 2 is 1.96 bits per heavy atom. The lowest BCUT2D eigenvalue weighted by atomic mass is 10.1. The van der Waals surface area contributed by atoms with Crippen molar-refractivity contribution in [1.29, 1.82) is 0 Å². The van der Waals surface area contributed by atoms with Crippen LogP contribution in [0.5, 0.6) is 0 Å². The van der Waals surface area contributed by atoms with E-state index in [1.807, 2.05) is 10.9 Å². The number of nitrogens with zero attached hydrogens (tertiary/aromatic N) is 4. The van der Waals surface area contributed by atoms with Crippen molar-refractivity contribution in [1.82, 2.24) is 19.7 Å². The van der Waals surface area contributed by atoms with Crippen LogP contribution in [0, 0.1) is 5.82 Å². The van der Waals surface area contributed by atoms with E-state index in [-0.39, 0.29) is 17.2 Å². The van der Waals surface area contributed by atoms with Gasteiger partial charge in [-0.3, -0.25) is 4.68 Å². The highest BCUT2D eigenvalue weighted by molar-refractivity contribution is 5.88. The molecule has 3 aromatic rings. The molecule has 0 atom stereocenters. The van der Waals surface area contributed by atoms with Crippen LogP contribution in [0.3, 0.4) is 0 Å². The van der Waals surface area contributed by atoms with Crippen LogP contribution < -0.4 is 5.32 Å². The second-order valence-corrected chi connectivity index (χ2v) is 6.45. The van der Waals surface area contributed by atoms with Gasteiger partial charge in [0.2, 0.25) is 5.95 Å². The molecule has 1 saturated heterocycles. The normalized spacial score (nSPS) is 14.8. The van der Waals surface area contributed by atoms with Crippen LogP contribution in [0.1, 0.15) is 29.2 Å². The Bertz CT molecular complexity index is 983. The van der Waals surface area contributed by atoms with Crippen molar-refractivity contribution in [3.8, 4) is 11.3 Å². The summed E-state index contributed by atoms with van der Waals surface area (Å²) in [4.78, 5) is 19.2. The molecule has 0 saturated carbocycles. The summed E-state index contributed by atoms with van der Waals surface area (Å²) in [7, 11) is 0. The first-order valence-corrected chi connectivity index (χ1v) is 8.85. The molecule has 1 aliphatic heterocycles. The van der Waals surface area contributed by atoms with Crippen molar-refractivity contribution in [2.24, 2.45) is 0 Å². The second-order valence-electron chi connectivity index (χ2n) is 6.45. The lowest BCUT2D eigenvalue weighted by Crippen LogP contribution is -2.19. The number of carbonyl (C=O) groups is 1. The van der Waals surface area contributed by atoms with E-state index in [0.717, 1.165) is 32.3 Å². The monoisotopic (exact) mass is 383 g/mol. The highest BCUT2D eigenvalue weighted by Crippen LogP contribution is 2.25. The molecule has 0 spiro atoms. The van der Waals surface area contributed by atoms with Crippen molar-refractivity contribution in [2.75, 3.05) is 18.5 Å². The fourth-order valence-corrected chi connectivity index (χ4v) is 3.08. The van der Waals surface area contributed by atoms with Crippen LogP contribution in [-0.2, 0) is 4.74 Å². The van der Waals surface area contributed by atoms with Gasteiger partial charge in [0.15, 0.2) is 5.82 Å². The summed E-state index contributed by atoms with van der Waals surface area (Å²) >= 11 is 0. The Morgan fingerprint density at radius 3 is 2.68 bits per heavy atom. The molecule has 4 rings (SSSR count). The molecular weight excluding hydrogens is 365 g/mol. The molecular formula is C19H18FN5O3. The molecule has 8 nitrogen and oxygen atoms in total. The Labute approximate surface area is 160 Å². The predicted molar refractivity (Wildman–Crippen MR) is 99.0 cm³/mol. The number of carboxylic acid groups (broad SMARTS) is 1. The molecule has 9 heteroatoms. The van der Waals surface area contributed by atoms with E-state index in [4.69, 9.17) is 9.84 Å². The minimum Gasteiger partial charge on any atom is -0.478 e. The Morgan fingerprint density at radius 1 is 1.21 bits per heavy atom. The Balaban J connectivity index is 1.54. The third kappa shape index (κ3) is 3.84. The van der Waals surface area contributed by atoms with Crippen molar-refractivity contribution in [3.05, 3.63) is 54.2 Å². The smallest absolute Gasteiger partial charge is 0.335 e. The fraction of sp³-hybridized carbons (Fsp3) is 0.263. The number of carboxylic acids is 1. The summed E-state index contributed by atoms with van der Waals surface area (Å²) in [6, 6.07) is 6.14. The van der Waals surface area contributed by atoms with Crippen molar-refractivity contribution < 1.29 is 19.0 Å². The van der Waals surface area contributed by atoms with E-state index in [1.165, 1.54) is 24.3 Å². The van der Waals surface area contributed by atoms with Gasteiger partial charge in [0.05, 0.1) is 29.7 Å². The lowest BCUT2D eigenvalue weighted by molar-refractivity contribution is 0.0662. The SMILES string of the molecule is O=C(O)c1ccc(-c2nc(Nc3cnn(C4CCOCC4)c3)ncc2F)cc1. The average molecular weight is 383 g/mol. The molecule has 0 radical (unpaired) electrons. The maximum atomic E-state index is 14.2. The lowest BCUT2D eigenvalue weighted by Gasteiger charge is -2.22. The number of hydrogen-bond acceptors (Lipinski definition) is 6. The first kappa shape index (κ1) is 18.1. The number of aromatic carboxylic acids is 1. The summed E-state index contributed by atoms with van der Waals surface area (Å²) in [5.74, 6) is -1.41. The zero-order chi connectivity index (χ0) is 19.5. The van der Waals surface area contributed by atoms with E-state index in [9.17, 15) is 9.18 Å². The number of aromatic nitrogens is 4. The molecule has 0 unspecified atom stereocenters. The quantitative estimate of drug-likeness (QED) is 0.697. The first-order valence-electron chi connectivity index (χ1n) is 8.85. The van der Waals surface area contributed by atoms with Gasteiger partial charge in [-0.15, -0.1) is 0 Å². The molecule has 1 aliphatic rings. The number of nitrogens with one attached hydrogen (secondary N) is 1. The van der Waals surface area contributed by atoms with Gasteiger partial charge in [-0.1, -0.05) is 12.1 Å². The number of rotatable bonds is 5. The van der Waals surface area contributed by atoms with Crippen molar-refractivity contribution in [2.45, 2.75) is 18.9 Å². The number of hydrogen-bond donors (Lipinski definition) is 2. The van der Waals surface area contributed by atoms with E-state index >= 15 is 0 Å². The zero-order valence-electron chi connectivity index (χ0n) is 14.9. The number of anilines is 2. The van der Waals surface area contributed by atoms with E-state index in [2.05, 4.69) is 20.4 Å². The van der Waals surface area contributed by atoms with Crippen molar-refractivity contribution in [3.63, 3.8) is 0 Å². The maximum Gasteiger partial charge on any atom is 0.335 e. The molecule has 2 aromatic heterocycles. The van der Waals surface area contributed by atoms with Gasteiger partial charge in [0, 0.05) is 25.0 Å². The molecule has 0 aliphatic carbocycles. The summed E-state index contributed by atoms with van der Waals surface area (Å²) < 4.78 is 21.5. The van der Waals surface area contributed by atoms with E-state index < -0.39 is 11.8 Å². The second kappa shape index (κ2) is 7.73. The van der Waals surface area contributed by atoms with Crippen LogP contribution in [0.25, 0.3) is 11.3 Å². The van der Waals surface area contributed by atoms with Crippen molar-refractivity contribution >= 4 is 17.6 Å². The molecule has 1 fully saturated rings. The predicted octanol–water partition coefficient (Wildman–Crippen LogP) is 3.27. The van der Waals surface area contributed by atoms with Gasteiger partial charge in [0.1, 0.15) is 5.69 Å². The molecule has 1 aromatic carbocycles. The van der Waals surface area contributed by atoms with Gasteiger partial charge >= 0.3 is 5.97 Å².